The van der Waals surface area contributed by atoms with E-state index in [0.717, 1.165) is 18.9 Å². The lowest BCUT2D eigenvalue weighted by atomic mass is 10.2. The zero-order valence-electron chi connectivity index (χ0n) is 19.6. The molecule has 0 unspecified atom stereocenters. The number of nitrogens with one attached hydrogen (secondary N) is 1. The second-order valence-corrected chi connectivity index (χ2v) is 12.5. The van der Waals surface area contributed by atoms with Crippen LogP contribution in [0.2, 0.25) is 6.04 Å². The van der Waals surface area contributed by atoms with Gasteiger partial charge in [-0.05, 0) is 23.3 Å². The number of hydrogen-bond acceptors (Lipinski definition) is 5. The van der Waals surface area contributed by atoms with Crippen LogP contribution in [0.1, 0.15) is 38.0 Å². The Balaban J connectivity index is 1.61. The third-order valence-corrected chi connectivity index (χ3v) is 10.8. The number of unbranched alkanes of at least 4 members (excludes halogenated alkanes) is 1. The van der Waals surface area contributed by atoms with E-state index in [4.69, 9.17) is 9.16 Å². The predicted molar refractivity (Wildman–Crippen MR) is 134 cm³/mol. The molecule has 1 aromatic heterocycles. The van der Waals surface area contributed by atoms with Gasteiger partial charge in [-0.3, -0.25) is 14.3 Å². The van der Waals surface area contributed by atoms with Crippen LogP contribution in [-0.4, -0.2) is 41.8 Å². The van der Waals surface area contributed by atoms with Gasteiger partial charge in [-0.1, -0.05) is 80.4 Å². The molecule has 0 bridgehead atoms. The van der Waals surface area contributed by atoms with Crippen molar-refractivity contribution in [1.29, 1.82) is 0 Å². The van der Waals surface area contributed by atoms with Gasteiger partial charge in [0, 0.05) is 18.2 Å². The molecule has 2 heterocycles. The van der Waals surface area contributed by atoms with E-state index in [1.165, 1.54) is 21.1 Å². The third-order valence-electron chi connectivity index (χ3n) is 6.52. The van der Waals surface area contributed by atoms with E-state index >= 15 is 0 Å². The Morgan fingerprint density at radius 2 is 1.71 bits per heavy atom. The van der Waals surface area contributed by atoms with Crippen LogP contribution in [0.5, 0.6) is 0 Å². The number of ether oxygens (including phenoxy) is 1. The highest BCUT2D eigenvalue weighted by Crippen LogP contribution is 2.29. The fourth-order valence-corrected chi connectivity index (χ4v) is 8.75. The lowest BCUT2D eigenvalue weighted by Crippen LogP contribution is -2.61. The third kappa shape index (κ3) is 5.00. The predicted octanol–water partition coefficient (Wildman–Crippen LogP) is 2.07. The summed E-state index contributed by atoms with van der Waals surface area (Å²) in [5, 5.41) is 13.1. The minimum atomic E-state index is -2.60. The molecule has 8 heteroatoms. The van der Waals surface area contributed by atoms with Crippen molar-refractivity contribution >= 4 is 18.7 Å². The summed E-state index contributed by atoms with van der Waals surface area (Å²) in [6, 6.07) is 21.6. The molecule has 7 nitrogen and oxygen atoms in total. The lowest BCUT2D eigenvalue weighted by molar-refractivity contribution is -0.0421. The molecule has 3 atom stereocenters. The van der Waals surface area contributed by atoms with Gasteiger partial charge >= 0.3 is 5.69 Å². The molecule has 34 heavy (non-hydrogen) atoms. The first-order valence-electron chi connectivity index (χ1n) is 11.8. The fourth-order valence-electron chi connectivity index (χ4n) is 4.59. The maximum atomic E-state index is 12.3. The van der Waals surface area contributed by atoms with Crippen LogP contribution in [-0.2, 0) is 9.16 Å². The Labute approximate surface area is 200 Å². The maximum Gasteiger partial charge on any atom is 0.330 e. The Morgan fingerprint density at radius 1 is 1.09 bits per heavy atom. The van der Waals surface area contributed by atoms with Crippen molar-refractivity contribution in [2.75, 3.05) is 6.61 Å². The number of hydrogen-bond donors (Lipinski definition) is 2. The number of aryl methyl sites for hydroxylation is 1. The van der Waals surface area contributed by atoms with E-state index in [1.807, 2.05) is 36.4 Å². The molecule has 1 aliphatic heterocycles. The van der Waals surface area contributed by atoms with Gasteiger partial charge in [0.15, 0.2) is 0 Å². The smallest absolute Gasteiger partial charge is 0.330 e. The quantitative estimate of drug-likeness (QED) is 0.458. The Kier molecular flexibility index (Phi) is 7.62. The molecule has 0 aliphatic carbocycles. The van der Waals surface area contributed by atoms with Gasteiger partial charge in [0.25, 0.3) is 13.9 Å². The Hall–Kier alpha value is -2.78. The first kappa shape index (κ1) is 24.3. The van der Waals surface area contributed by atoms with Crippen LogP contribution in [0.4, 0.5) is 0 Å². The summed E-state index contributed by atoms with van der Waals surface area (Å²) in [5.41, 5.74) is -0.553. The minimum absolute atomic E-state index is 0.217. The van der Waals surface area contributed by atoms with Gasteiger partial charge in [-0.25, -0.2) is 4.79 Å². The summed E-state index contributed by atoms with van der Waals surface area (Å²) < 4.78 is 14.3. The van der Waals surface area contributed by atoms with Crippen LogP contribution in [0.25, 0.3) is 0 Å². The summed E-state index contributed by atoms with van der Waals surface area (Å²) in [5.74, 6) is 0. The monoisotopic (exact) mass is 480 g/mol. The van der Waals surface area contributed by atoms with Crippen LogP contribution in [0.3, 0.4) is 0 Å². The van der Waals surface area contributed by atoms with Crippen LogP contribution in [0, 0.1) is 6.92 Å². The van der Waals surface area contributed by atoms with E-state index in [1.54, 1.807) is 6.92 Å². The molecular weight excluding hydrogens is 448 g/mol. The summed E-state index contributed by atoms with van der Waals surface area (Å²) in [6.07, 6.45) is 1.79. The van der Waals surface area contributed by atoms with E-state index in [0.29, 0.717) is 5.56 Å². The molecule has 180 valence electrons. The topological polar surface area (TPSA) is 93.5 Å². The number of nitrogens with zero attached hydrogens (tertiary/aromatic N) is 1. The second kappa shape index (κ2) is 10.6. The van der Waals surface area contributed by atoms with Crippen molar-refractivity contribution < 1.29 is 14.3 Å². The van der Waals surface area contributed by atoms with Crippen molar-refractivity contribution in [2.24, 2.45) is 0 Å². The molecule has 3 aromatic rings. The van der Waals surface area contributed by atoms with Gasteiger partial charge in [0.2, 0.25) is 0 Å². The van der Waals surface area contributed by atoms with Gasteiger partial charge in [0.05, 0.1) is 12.7 Å². The first-order chi connectivity index (χ1) is 16.4. The lowest BCUT2D eigenvalue weighted by Gasteiger charge is -2.34. The molecule has 2 N–H and O–H groups in total. The normalized spacial score (nSPS) is 20.5. The largest absolute Gasteiger partial charge is 0.405 e. The average molecular weight is 481 g/mol. The van der Waals surface area contributed by atoms with E-state index in [2.05, 4.69) is 36.2 Å². The van der Waals surface area contributed by atoms with Gasteiger partial charge in [-0.15, -0.1) is 0 Å². The van der Waals surface area contributed by atoms with E-state index in [-0.39, 0.29) is 13.0 Å². The molecule has 4 rings (SSSR count). The second-order valence-electron chi connectivity index (χ2n) is 8.88. The van der Waals surface area contributed by atoms with Crippen LogP contribution >= 0.6 is 0 Å². The van der Waals surface area contributed by atoms with E-state index < -0.39 is 38.0 Å². The van der Waals surface area contributed by atoms with Gasteiger partial charge in [-0.2, -0.15) is 0 Å². The highest BCUT2D eigenvalue weighted by atomic mass is 28.4. The minimum Gasteiger partial charge on any atom is -0.405 e. The van der Waals surface area contributed by atoms with Crippen molar-refractivity contribution in [3.05, 3.63) is 93.3 Å². The van der Waals surface area contributed by atoms with Crippen LogP contribution in [0.15, 0.2) is 76.4 Å². The standard InChI is InChI=1S/C26H32N2O5Si/c1-3-4-15-34(20-11-7-5-8-12-20,21-13-9-6-10-14-21)32-18-23-22(29)16-24(33-23)28-17-19(2)25(30)27-26(28)31/h5-14,17,22-24,29H,3-4,15-16,18H2,1-2H3,(H,27,30,31)/t22-,23+,24+/m0/s1. The summed E-state index contributed by atoms with van der Waals surface area (Å²) in [4.78, 5) is 26.4. The first-order valence-corrected chi connectivity index (χ1v) is 14.0. The molecule has 0 spiro atoms. The summed E-state index contributed by atoms with van der Waals surface area (Å²) >= 11 is 0. The summed E-state index contributed by atoms with van der Waals surface area (Å²) in [7, 11) is -2.60. The number of aliphatic hydroxyl groups is 1. The molecule has 0 amide bonds. The number of H-pyrrole nitrogens is 1. The van der Waals surface area contributed by atoms with E-state index in [9.17, 15) is 14.7 Å². The van der Waals surface area contributed by atoms with Crippen molar-refractivity contribution in [1.82, 2.24) is 9.55 Å². The number of aromatic amines is 1. The Morgan fingerprint density at radius 3 is 2.29 bits per heavy atom. The molecule has 2 aromatic carbocycles. The molecule has 1 fully saturated rings. The van der Waals surface area contributed by atoms with Crippen molar-refractivity contribution in [2.45, 2.75) is 57.6 Å². The number of rotatable bonds is 9. The highest BCUT2D eigenvalue weighted by molar-refractivity contribution is 6.97. The maximum absolute atomic E-state index is 12.3. The average Bonchev–Trinajstić information content (AvgIpc) is 3.23. The van der Waals surface area contributed by atoms with Gasteiger partial charge < -0.3 is 14.3 Å². The zero-order valence-corrected chi connectivity index (χ0v) is 20.6. The number of aliphatic hydroxyl groups excluding tert-OH is 1. The number of aromatic nitrogens is 2. The number of benzene rings is 2. The Bertz CT molecular complexity index is 1160. The van der Waals surface area contributed by atoms with Gasteiger partial charge in [0.1, 0.15) is 12.3 Å². The van der Waals surface area contributed by atoms with Crippen LogP contribution < -0.4 is 21.6 Å². The van der Waals surface area contributed by atoms with Crippen molar-refractivity contribution in [3.63, 3.8) is 0 Å². The molecular formula is C26H32N2O5Si. The fraction of sp³-hybridized carbons (Fsp3) is 0.385. The zero-order chi connectivity index (χ0) is 24.1. The van der Waals surface area contributed by atoms with Crippen molar-refractivity contribution in [3.8, 4) is 0 Å². The molecule has 1 saturated heterocycles. The molecule has 0 saturated carbocycles. The SMILES string of the molecule is CCCC[Si](OC[C@H]1O[C@@H](n2cc(C)c(=O)[nH]c2=O)C[C@@H]1O)(c1ccccc1)c1ccccc1. The highest BCUT2D eigenvalue weighted by Gasteiger charge is 2.42. The molecule has 1 aliphatic rings. The summed E-state index contributed by atoms with van der Waals surface area (Å²) in [6.45, 7) is 4.02. The molecule has 0 radical (unpaired) electrons.